The summed E-state index contributed by atoms with van der Waals surface area (Å²) in [5.41, 5.74) is 3.31. The van der Waals surface area contributed by atoms with Crippen molar-refractivity contribution in [3.05, 3.63) is 60.2 Å². The fraction of sp³-hybridized carbons (Fsp3) is 0.409. The standard InChI is InChI=1S/C22H28N2O2/c1-22(2,3)26-21(25)24-14-13-19(16-24)23-15-18-11-7-8-12-20(18)17-9-5-4-6-10-17/h4-12,19,23H,13-16H2,1-3H3/t19-/m1/s1. The summed E-state index contributed by atoms with van der Waals surface area (Å²) in [5, 5.41) is 3.61. The third-order valence-corrected chi connectivity index (χ3v) is 4.52. The lowest BCUT2D eigenvalue weighted by Crippen LogP contribution is -2.38. The molecule has 0 aliphatic carbocycles. The van der Waals surface area contributed by atoms with E-state index in [2.05, 4.69) is 53.8 Å². The molecule has 4 heteroatoms. The van der Waals surface area contributed by atoms with Crippen LogP contribution < -0.4 is 5.32 Å². The van der Waals surface area contributed by atoms with Gasteiger partial charge in [-0.25, -0.2) is 4.79 Å². The van der Waals surface area contributed by atoms with Crippen molar-refractivity contribution in [2.75, 3.05) is 13.1 Å². The van der Waals surface area contributed by atoms with Crippen LogP contribution in [-0.2, 0) is 11.3 Å². The number of carbonyl (C=O) groups is 1. The van der Waals surface area contributed by atoms with E-state index in [9.17, 15) is 4.79 Å². The molecule has 1 amide bonds. The minimum absolute atomic E-state index is 0.216. The number of rotatable bonds is 4. The van der Waals surface area contributed by atoms with Crippen LogP contribution in [0.25, 0.3) is 11.1 Å². The molecule has 1 aliphatic rings. The maximum atomic E-state index is 12.2. The summed E-state index contributed by atoms with van der Waals surface area (Å²) >= 11 is 0. The highest BCUT2D eigenvalue weighted by atomic mass is 16.6. The Labute approximate surface area is 156 Å². The first kappa shape index (κ1) is 18.5. The van der Waals surface area contributed by atoms with Crippen LogP contribution in [0.1, 0.15) is 32.8 Å². The van der Waals surface area contributed by atoms with Gasteiger partial charge < -0.3 is 15.0 Å². The minimum Gasteiger partial charge on any atom is -0.444 e. The molecule has 0 aromatic heterocycles. The van der Waals surface area contributed by atoms with Gasteiger partial charge in [-0.2, -0.15) is 0 Å². The van der Waals surface area contributed by atoms with Crippen molar-refractivity contribution >= 4 is 6.09 Å². The lowest BCUT2D eigenvalue weighted by Gasteiger charge is -2.24. The topological polar surface area (TPSA) is 41.6 Å². The fourth-order valence-electron chi connectivity index (χ4n) is 3.25. The quantitative estimate of drug-likeness (QED) is 0.884. The Hall–Kier alpha value is -2.33. The molecular formula is C22H28N2O2. The van der Waals surface area contributed by atoms with Crippen LogP contribution in [0.3, 0.4) is 0 Å². The highest BCUT2D eigenvalue weighted by Crippen LogP contribution is 2.24. The van der Waals surface area contributed by atoms with Gasteiger partial charge in [0.05, 0.1) is 0 Å². The van der Waals surface area contributed by atoms with E-state index in [1.165, 1.54) is 16.7 Å². The van der Waals surface area contributed by atoms with Crippen LogP contribution in [-0.4, -0.2) is 35.7 Å². The molecule has 0 bridgehead atoms. The number of amides is 1. The second-order valence-electron chi connectivity index (χ2n) is 7.82. The Morgan fingerprint density at radius 3 is 2.54 bits per heavy atom. The van der Waals surface area contributed by atoms with Gasteiger partial charge in [-0.15, -0.1) is 0 Å². The van der Waals surface area contributed by atoms with Gasteiger partial charge in [-0.3, -0.25) is 0 Å². The van der Waals surface area contributed by atoms with Crippen molar-refractivity contribution < 1.29 is 9.53 Å². The van der Waals surface area contributed by atoms with Crippen LogP contribution in [0.15, 0.2) is 54.6 Å². The molecule has 1 fully saturated rings. The third kappa shape index (κ3) is 4.85. The van der Waals surface area contributed by atoms with Crippen LogP contribution in [0.4, 0.5) is 4.79 Å². The minimum atomic E-state index is -0.447. The van der Waals surface area contributed by atoms with Crippen LogP contribution in [0.2, 0.25) is 0 Å². The number of ether oxygens (including phenoxy) is 1. The Balaban J connectivity index is 1.59. The smallest absolute Gasteiger partial charge is 0.410 e. The van der Waals surface area contributed by atoms with Crippen molar-refractivity contribution in [3.8, 4) is 11.1 Å². The molecule has 1 aliphatic heterocycles. The van der Waals surface area contributed by atoms with Crippen LogP contribution in [0, 0.1) is 0 Å². The van der Waals surface area contributed by atoms with Crippen LogP contribution >= 0.6 is 0 Å². The van der Waals surface area contributed by atoms with E-state index in [-0.39, 0.29) is 6.09 Å². The predicted molar refractivity (Wildman–Crippen MR) is 105 cm³/mol. The zero-order valence-electron chi connectivity index (χ0n) is 15.9. The lowest BCUT2D eigenvalue weighted by atomic mass is 9.99. The first-order valence-electron chi connectivity index (χ1n) is 9.27. The van der Waals surface area contributed by atoms with Crippen LogP contribution in [0.5, 0.6) is 0 Å². The number of likely N-dealkylation sites (tertiary alicyclic amines) is 1. The van der Waals surface area contributed by atoms with Crippen molar-refractivity contribution in [3.63, 3.8) is 0 Å². The summed E-state index contributed by atoms with van der Waals surface area (Å²) in [6.45, 7) is 7.93. The van der Waals surface area contributed by atoms with Crippen molar-refractivity contribution in [2.24, 2.45) is 0 Å². The van der Waals surface area contributed by atoms with Crippen molar-refractivity contribution in [1.29, 1.82) is 0 Å². The summed E-state index contributed by atoms with van der Waals surface area (Å²) in [6, 6.07) is 19.2. The van der Waals surface area contributed by atoms with E-state index in [0.29, 0.717) is 12.6 Å². The molecule has 2 aromatic rings. The van der Waals surface area contributed by atoms with Gasteiger partial charge in [0.1, 0.15) is 5.60 Å². The van der Waals surface area contributed by atoms with Gasteiger partial charge in [-0.1, -0.05) is 54.6 Å². The monoisotopic (exact) mass is 352 g/mol. The average Bonchev–Trinajstić information content (AvgIpc) is 3.09. The summed E-state index contributed by atoms with van der Waals surface area (Å²) in [5.74, 6) is 0. The molecule has 26 heavy (non-hydrogen) atoms. The summed E-state index contributed by atoms with van der Waals surface area (Å²) in [6.07, 6.45) is 0.735. The molecule has 0 radical (unpaired) electrons. The zero-order chi connectivity index (χ0) is 18.6. The van der Waals surface area contributed by atoms with E-state index < -0.39 is 5.60 Å². The maximum Gasteiger partial charge on any atom is 0.410 e. The molecule has 1 N–H and O–H groups in total. The zero-order valence-corrected chi connectivity index (χ0v) is 15.9. The molecule has 3 rings (SSSR count). The Morgan fingerprint density at radius 1 is 1.12 bits per heavy atom. The molecular weight excluding hydrogens is 324 g/mol. The summed E-state index contributed by atoms with van der Waals surface area (Å²) < 4.78 is 5.47. The number of nitrogens with one attached hydrogen (secondary N) is 1. The number of benzene rings is 2. The molecule has 1 saturated heterocycles. The van der Waals surface area contributed by atoms with Crippen molar-refractivity contribution in [1.82, 2.24) is 10.2 Å². The normalized spacial score (nSPS) is 17.3. The first-order chi connectivity index (χ1) is 12.4. The Morgan fingerprint density at radius 2 is 1.81 bits per heavy atom. The molecule has 1 atom stereocenters. The molecule has 0 unspecified atom stereocenters. The average molecular weight is 352 g/mol. The number of hydrogen-bond acceptors (Lipinski definition) is 3. The van der Waals surface area contributed by atoms with E-state index in [1.54, 1.807) is 4.90 Å². The molecule has 138 valence electrons. The van der Waals surface area contributed by atoms with E-state index in [1.807, 2.05) is 26.8 Å². The van der Waals surface area contributed by atoms with E-state index in [4.69, 9.17) is 4.74 Å². The first-order valence-corrected chi connectivity index (χ1v) is 9.27. The van der Waals surface area contributed by atoms with Gasteiger partial charge in [0.25, 0.3) is 0 Å². The fourth-order valence-corrected chi connectivity index (χ4v) is 3.25. The summed E-state index contributed by atoms with van der Waals surface area (Å²) in [7, 11) is 0. The molecule has 2 aromatic carbocycles. The number of carbonyl (C=O) groups excluding carboxylic acids is 1. The molecule has 1 heterocycles. The highest BCUT2D eigenvalue weighted by molar-refractivity contribution is 5.68. The van der Waals surface area contributed by atoms with Gasteiger partial charge in [0.15, 0.2) is 0 Å². The molecule has 4 nitrogen and oxygen atoms in total. The van der Waals surface area contributed by atoms with E-state index >= 15 is 0 Å². The maximum absolute atomic E-state index is 12.2. The molecule has 0 spiro atoms. The van der Waals surface area contributed by atoms with Gasteiger partial charge in [0, 0.05) is 25.7 Å². The Bertz CT molecular complexity index is 737. The number of nitrogens with zero attached hydrogens (tertiary/aromatic N) is 1. The SMILES string of the molecule is CC(C)(C)OC(=O)N1CC[C@@H](NCc2ccccc2-c2ccccc2)C1. The second-order valence-corrected chi connectivity index (χ2v) is 7.82. The van der Waals surface area contributed by atoms with Gasteiger partial charge in [0.2, 0.25) is 0 Å². The van der Waals surface area contributed by atoms with Gasteiger partial charge in [-0.05, 0) is 43.9 Å². The number of hydrogen-bond donors (Lipinski definition) is 1. The van der Waals surface area contributed by atoms with E-state index in [0.717, 1.165) is 19.5 Å². The Kier molecular flexibility index (Phi) is 5.62. The predicted octanol–water partition coefficient (Wildman–Crippen LogP) is 4.45. The second kappa shape index (κ2) is 7.92. The highest BCUT2D eigenvalue weighted by Gasteiger charge is 2.29. The van der Waals surface area contributed by atoms with Gasteiger partial charge >= 0.3 is 6.09 Å². The lowest BCUT2D eigenvalue weighted by molar-refractivity contribution is 0.0291. The summed E-state index contributed by atoms with van der Waals surface area (Å²) in [4.78, 5) is 14.0. The van der Waals surface area contributed by atoms with Crippen molar-refractivity contribution in [2.45, 2.75) is 45.4 Å². The largest absolute Gasteiger partial charge is 0.444 e. The third-order valence-electron chi connectivity index (χ3n) is 4.52. The molecule has 0 saturated carbocycles.